The molecule has 0 atom stereocenters. The fraction of sp³-hybridized carbons (Fsp3) is 0.520. The zero-order valence-electron chi connectivity index (χ0n) is 18.9. The third kappa shape index (κ3) is 4.81. The van der Waals surface area contributed by atoms with Crippen LogP contribution < -0.4 is 0 Å². The quantitative estimate of drug-likeness (QED) is 0.547. The van der Waals surface area contributed by atoms with E-state index >= 15 is 0 Å². The Kier molecular flexibility index (Phi) is 5.95. The van der Waals surface area contributed by atoms with Gasteiger partial charge in [-0.05, 0) is 62.5 Å². The van der Waals surface area contributed by atoms with Crippen molar-refractivity contribution in [3.63, 3.8) is 0 Å². The molecule has 2 fully saturated rings. The van der Waals surface area contributed by atoms with Gasteiger partial charge in [0.1, 0.15) is 5.78 Å². The minimum Gasteiger partial charge on any atom is -0.299 e. The smallest absolute Gasteiger partial charge is 0.248 e. The van der Waals surface area contributed by atoms with Crippen LogP contribution >= 0.6 is 0 Å². The van der Waals surface area contributed by atoms with Gasteiger partial charge in [-0.1, -0.05) is 6.07 Å². The van der Waals surface area contributed by atoms with E-state index in [-0.39, 0.29) is 43.8 Å². The molecule has 1 aromatic carbocycles. The van der Waals surface area contributed by atoms with Crippen molar-refractivity contribution in [3.8, 4) is 11.1 Å². The first-order valence-corrected chi connectivity index (χ1v) is 11.8. The summed E-state index contributed by atoms with van der Waals surface area (Å²) in [4.78, 5) is 15.1. The summed E-state index contributed by atoms with van der Waals surface area (Å²) < 4.78 is 28.8. The van der Waals surface area contributed by atoms with Crippen LogP contribution in [0.5, 0.6) is 0 Å². The van der Waals surface area contributed by atoms with Crippen molar-refractivity contribution in [3.05, 3.63) is 41.9 Å². The average Bonchev–Trinajstić information content (AvgIpc) is 3.43. The van der Waals surface area contributed by atoms with Gasteiger partial charge >= 0.3 is 0 Å². The number of carbonyl (C=O) groups excluding carboxylic acids is 1. The summed E-state index contributed by atoms with van der Waals surface area (Å²) >= 11 is 0. The molecule has 0 amide bonds. The van der Waals surface area contributed by atoms with E-state index in [4.69, 9.17) is 0 Å². The molecule has 1 saturated carbocycles. The number of likely N-dealkylation sites (tertiary alicyclic amines) is 1. The maximum Gasteiger partial charge on any atom is 0.248 e. The summed E-state index contributed by atoms with van der Waals surface area (Å²) in [7, 11) is 1.98. The lowest BCUT2D eigenvalue weighted by molar-refractivity contribution is -0.126. The number of fused-ring (bicyclic) bond motifs is 1. The molecule has 5 rings (SSSR count). The summed E-state index contributed by atoms with van der Waals surface area (Å²) in [5.41, 5.74) is 4.69. The molecule has 174 valence electrons. The number of hydrogen-bond donors (Lipinski definition) is 0. The molecule has 8 heteroatoms. The van der Waals surface area contributed by atoms with Crippen molar-refractivity contribution < 1.29 is 13.6 Å². The van der Waals surface area contributed by atoms with Gasteiger partial charge in [0, 0.05) is 43.3 Å². The van der Waals surface area contributed by atoms with E-state index in [0.29, 0.717) is 5.69 Å². The molecule has 1 aliphatic carbocycles. The highest BCUT2D eigenvalue weighted by atomic mass is 19.3. The number of benzene rings is 1. The first kappa shape index (κ1) is 22.1. The predicted octanol–water partition coefficient (Wildman–Crippen LogP) is 4.56. The van der Waals surface area contributed by atoms with Crippen LogP contribution in [-0.4, -0.2) is 49.7 Å². The number of aromatic nitrogens is 4. The monoisotopic (exact) mass is 453 g/mol. The normalized spacial score (nSPS) is 19.4. The van der Waals surface area contributed by atoms with Gasteiger partial charge in [-0.25, -0.2) is 8.78 Å². The zero-order chi connectivity index (χ0) is 23.0. The second kappa shape index (κ2) is 8.89. The maximum absolute atomic E-state index is 13.4. The molecule has 33 heavy (non-hydrogen) atoms. The first-order valence-electron chi connectivity index (χ1n) is 11.8. The van der Waals surface area contributed by atoms with Crippen molar-refractivity contribution in [1.29, 1.82) is 0 Å². The van der Waals surface area contributed by atoms with E-state index in [1.807, 2.05) is 36.1 Å². The number of ketones is 1. The second-order valence-electron chi connectivity index (χ2n) is 9.49. The van der Waals surface area contributed by atoms with Gasteiger partial charge < -0.3 is 0 Å². The third-order valence-corrected chi connectivity index (χ3v) is 7.11. The Labute approximate surface area is 192 Å². The predicted molar refractivity (Wildman–Crippen MR) is 122 cm³/mol. The van der Waals surface area contributed by atoms with Gasteiger partial charge in [0.15, 0.2) is 0 Å². The van der Waals surface area contributed by atoms with Crippen molar-refractivity contribution in [2.24, 2.45) is 13.0 Å². The molecule has 0 unspecified atom stereocenters. The number of Topliss-reactive ketones (excluding diaryl/α,β-unsaturated/α-hetero) is 1. The Bertz CT molecular complexity index is 1160. The number of nitrogens with zero attached hydrogens (tertiary/aromatic N) is 5. The number of carbonyl (C=O) groups is 1. The van der Waals surface area contributed by atoms with E-state index < -0.39 is 5.92 Å². The van der Waals surface area contributed by atoms with Crippen LogP contribution in [0.2, 0.25) is 0 Å². The van der Waals surface area contributed by atoms with Crippen molar-refractivity contribution in [2.45, 2.75) is 57.4 Å². The van der Waals surface area contributed by atoms with Gasteiger partial charge in [0.25, 0.3) is 0 Å². The summed E-state index contributed by atoms with van der Waals surface area (Å²) in [6.45, 7) is 3.11. The second-order valence-corrected chi connectivity index (χ2v) is 9.49. The molecule has 0 spiro atoms. The van der Waals surface area contributed by atoms with Gasteiger partial charge in [0.05, 0.1) is 29.5 Å². The summed E-state index contributed by atoms with van der Waals surface area (Å²) in [6, 6.07) is 7.95. The van der Waals surface area contributed by atoms with Gasteiger partial charge in [-0.3, -0.25) is 14.4 Å². The van der Waals surface area contributed by atoms with Crippen LogP contribution in [0.3, 0.4) is 0 Å². The standard InChI is InChI=1S/C25H29F2N5O/c1-31-23(16-32-10-2-3-11-32)21(15-28-31)18-4-5-22-19(12-18)13-20(29-30-22)14-24(33)17-6-8-25(26,27)9-7-17/h4-5,12-13,15,17H,2-3,6-11,14,16H2,1H3. The number of rotatable bonds is 6. The Hall–Kier alpha value is -2.74. The topological polar surface area (TPSA) is 63.9 Å². The van der Waals surface area contributed by atoms with E-state index in [0.717, 1.165) is 41.7 Å². The molecule has 0 bridgehead atoms. The zero-order valence-corrected chi connectivity index (χ0v) is 18.9. The van der Waals surface area contributed by atoms with Crippen LogP contribution in [0.15, 0.2) is 30.5 Å². The van der Waals surface area contributed by atoms with Crippen LogP contribution in [0.4, 0.5) is 8.78 Å². The summed E-state index contributed by atoms with van der Waals surface area (Å²) in [6.07, 6.45) is 4.61. The third-order valence-electron chi connectivity index (χ3n) is 7.11. The van der Waals surface area contributed by atoms with Gasteiger partial charge in [0.2, 0.25) is 5.92 Å². The Morgan fingerprint density at radius 1 is 1.12 bits per heavy atom. The molecule has 6 nitrogen and oxygen atoms in total. The molecule has 1 saturated heterocycles. The van der Waals surface area contributed by atoms with Crippen LogP contribution in [0.25, 0.3) is 22.0 Å². The molecule has 0 N–H and O–H groups in total. The molecule has 2 aliphatic rings. The van der Waals surface area contributed by atoms with Gasteiger partial charge in [-0.2, -0.15) is 15.3 Å². The number of hydrogen-bond acceptors (Lipinski definition) is 5. The maximum atomic E-state index is 13.4. The average molecular weight is 454 g/mol. The van der Waals surface area contributed by atoms with Gasteiger partial charge in [-0.15, -0.1) is 0 Å². The van der Waals surface area contributed by atoms with Crippen LogP contribution in [0, 0.1) is 5.92 Å². The Morgan fingerprint density at radius 3 is 2.64 bits per heavy atom. The molecule has 3 heterocycles. The van der Waals surface area contributed by atoms with E-state index in [1.165, 1.54) is 18.5 Å². The highest BCUT2D eigenvalue weighted by molar-refractivity contribution is 5.87. The highest BCUT2D eigenvalue weighted by Gasteiger charge is 2.37. The minimum absolute atomic E-state index is 0.0181. The first-order chi connectivity index (χ1) is 15.9. The number of alkyl halides is 2. The van der Waals surface area contributed by atoms with E-state index in [1.54, 1.807) is 0 Å². The molecular weight excluding hydrogens is 424 g/mol. The molecule has 2 aromatic heterocycles. The Morgan fingerprint density at radius 2 is 1.88 bits per heavy atom. The SMILES string of the molecule is Cn1ncc(-c2ccc3nnc(CC(=O)C4CCC(F)(F)CC4)cc3c2)c1CN1CCCC1. The summed E-state index contributed by atoms with van der Waals surface area (Å²) in [5, 5.41) is 13.9. The Balaban J connectivity index is 1.36. The van der Waals surface area contributed by atoms with E-state index in [2.05, 4.69) is 26.3 Å². The van der Waals surface area contributed by atoms with Crippen molar-refractivity contribution in [1.82, 2.24) is 24.9 Å². The molecular formula is C25H29F2N5O. The summed E-state index contributed by atoms with van der Waals surface area (Å²) in [5.74, 6) is -2.96. The lowest BCUT2D eigenvalue weighted by Crippen LogP contribution is -2.29. The number of halogens is 2. The largest absolute Gasteiger partial charge is 0.299 e. The lowest BCUT2D eigenvalue weighted by atomic mass is 9.83. The number of aryl methyl sites for hydroxylation is 1. The minimum atomic E-state index is -2.63. The highest BCUT2D eigenvalue weighted by Crippen LogP contribution is 2.37. The van der Waals surface area contributed by atoms with Crippen molar-refractivity contribution in [2.75, 3.05) is 13.1 Å². The lowest BCUT2D eigenvalue weighted by Gasteiger charge is -2.27. The van der Waals surface area contributed by atoms with Crippen LogP contribution in [0.1, 0.15) is 49.9 Å². The molecule has 0 radical (unpaired) electrons. The van der Waals surface area contributed by atoms with Crippen molar-refractivity contribution >= 4 is 16.7 Å². The van der Waals surface area contributed by atoms with E-state index in [9.17, 15) is 13.6 Å². The fourth-order valence-corrected chi connectivity index (χ4v) is 5.07. The fourth-order valence-electron chi connectivity index (χ4n) is 5.07. The molecule has 1 aliphatic heterocycles. The molecule has 3 aromatic rings. The van der Waals surface area contributed by atoms with Crippen LogP contribution in [-0.2, 0) is 24.8 Å².